The maximum absolute atomic E-state index is 11.1. The van der Waals surface area contributed by atoms with Gasteiger partial charge in [-0.2, -0.15) is 0 Å². The molecule has 1 atom stereocenters. The summed E-state index contributed by atoms with van der Waals surface area (Å²) < 4.78 is 18.5. The molecule has 4 rings (SSSR count). The van der Waals surface area contributed by atoms with Gasteiger partial charge in [0.1, 0.15) is 0 Å². The van der Waals surface area contributed by atoms with Crippen LogP contribution in [0.2, 0.25) is 0 Å². The SMILES string of the molecule is NC(=O)CSc1nnc(-c2ccc3c(c2)OCO3)n1C[C@@H]1CCCO1. The van der Waals surface area contributed by atoms with Gasteiger partial charge in [0.05, 0.1) is 18.4 Å². The molecule has 2 aromatic rings. The Bertz CT molecular complexity index is 788. The van der Waals surface area contributed by atoms with Crippen molar-refractivity contribution < 1.29 is 19.0 Å². The summed E-state index contributed by atoms with van der Waals surface area (Å²) in [5, 5.41) is 9.22. The van der Waals surface area contributed by atoms with Crippen LogP contribution < -0.4 is 15.2 Å². The number of nitrogens with two attached hydrogens (primary N) is 1. The summed E-state index contributed by atoms with van der Waals surface area (Å²) in [6.07, 6.45) is 2.17. The zero-order valence-electron chi connectivity index (χ0n) is 13.5. The van der Waals surface area contributed by atoms with Crippen molar-refractivity contribution in [1.29, 1.82) is 0 Å². The summed E-state index contributed by atoms with van der Waals surface area (Å²) in [4.78, 5) is 11.1. The highest BCUT2D eigenvalue weighted by molar-refractivity contribution is 7.99. The predicted molar refractivity (Wildman–Crippen MR) is 90.5 cm³/mol. The summed E-state index contributed by atoms with van der Waals surface area (Å²) in [6.45, 7) is 1.63. The molecule has 0 aliphatic carbocycles. The van der Waals surface area contributed by atoms with Gasteiger partial charge in [0.2, 0.25) is 12.7 Å². The van der Waals surface area contributed by atoms with Crippen LogP contribution in [0.25, 0.3) is 11.4 Å². The van der Waals surface area contributed by atoms with Crippen molar-refractivity contribution in [3.05, 3.63) is 18.2 Å². The van der Waals surface area contributed by atoms with Crippen LogP contribution >= 0.6 is 11.8 Å². The van der Waals surface area contributed by atoms with Crippen LogP contribution in [0.4, 0.5) is 0 Å². The molecule has 3 heterocycles. The quantitative estimate of drug-likeness (QED) is 0.776. The number of nitrogens with zero attached hydrogens (tertiary/aromatic N) is 3. The van der Waals surface area contributed by atoms with E-state index in [9.17, 15) is 4.79 Å². The first-order valence-corrected chi connectivity index (χ1v) is 9.05. The molecule has 2 aliphatic rings. The van der Waals surface area contributed by atoms with Gasteiger partial charge in [-0.15, -0.1) is 10.2 Å². The lowest BCUT2D eigenvalue weighted by molar-refractivity contribution is -0.115. The fraction of sp³-hybridized carbons (Fsp3) is 0.438. The summed E-state index contributed by atoms with van der Waals surface area (Å²) in [7, 11) is 0. The first-order chi connectivity index (χ1) is 12.2. The molecule has 0 saturated carbocycles. The van der Waals surface area contributed by atoms with Gasteiger partial charge in [-0.1, -0.05) is 11.8 Å². The van der Waals surface area contributed by atoms with Crippen molar-refractivity contribution in [3.8, 4) is 22.9 Å². The second-order valence-corrected chi connectivity index (χ2v) is 6.82. The molecule has 1 amide bonds. The minimum absolute atomic E-state index is 0.122. The van der Waals surface area contributed by atoms with Crippen LogP contribution in [0.5, 0.6) is 11.5 Å². The summed E-state index contributed by atoms with van der Waals surface area (Å²) in [6, 6.07) is 5.67. The molecule has 9 heteroatoms. The van der Waals surface area contributed by atoms with E-state index in [-0.39, 0.29) is 24.6 Å². The lowest BCUT2D eigenvalue weighted by Crippen LogP contribution is -2.18. The number of benzene rings is 1. The Balaban J connectivity index is 1.66. The van der Waals surface area contributed by atoms with Gasteiger partial charge in [0, 0.05) is 12.2 Å². The fourth-order valence-electron chi connectivity index (χ4n) is 2.94. The number of hydrogen-bond acceptors (Lipinski definition) is 7. The van der Waals surface area contributed by atoms with E-state index >= 15 is 0 Å². The lowest BCUT2D eigenvalue weighted by Gasteiger charge is -2.14. The predicted octanol–water partition coefficient (Wildman–Crippen LogP) is 1.43. The summed E-state index contributed by atoms with van der Waals surface area (Å²) in [5.74, 6) is 1.89. The average molecular weight is 362 g/mol. The van der Waals surface area contributed by atoms with E-state index in [0.717, 1.165) is 30.8 Å². The van der Waals surface area contributed by atoms with Crippen LogP contribution in [0.15, 0.2) is 23.4 Å². The van der Waals surface area contributed by atoms with E-state index in [1.54, 1.807) is 0 Å². The Kier molecular flexibility index (Phi) is 4.50. The first-order valence-electron chi connectivity index (χ1n) is 8.06. The van der Waals surface area contributed by atoms with Gasteiger partial charge in [-0.05, 0) is 31.0 Å². The Morgan fingerprint density at radius 1 is 1.32 bits per heavy atom. The number of rotatable bonds is 6. The monoisotopic (exact) mass is 362 g/mol. The van der Waals surface area contributed by atoms with Gasteiger partial charge in [0.15, 0.2) is 22.5 Å². The molecule has 1 aromatic heterocycles. The maximum Gasteiger partial charge on any atom is 0.231 e. The molecule has 1 aromatic carbocycles. The van der Waals surface area contributed by atoms with E-state index in [0.29, 0.717) is 23.3 Å². The van der Waals surface area contributed by atoms with Crippen molar-refractivity contribution >= 4 is 17.7 Å². The van der Waals surface area contributed by atoms with Gasteiger partial charge in [-0.3, -0.25) is 9.36 Å². The number of carbonyl (C=O) groups excluding carboxylic acids is 1. The van der Waals surface area contributed by atoms with Crippen molar-refractivity contribution in [2.24, 2.45) is 5.73 Å². The van der Waals surface area contributed by atoms with Gasteiger partial charge in [-0.25, -0.2) is 0 Å². The number of amides is 1. The van der Waals surface area contributed by atoms with Crippen LogP contribution in [-0.2, 0) is 16.1 Å². The molecule has 1 saturated heterocycles. The first kappa shape index (κ1) is 16.2. The normalized spacial score (nSPS) is 18.6. The van der Waals surface area contributed by atoms with Crippen molar-refractivity contribution in [1.82, 2.24) is 14.8 Å². The molecule has 25 heavy (non-hydrogen) atoms. The molecule has 1 fully saturated rings. The van der Waals surface area contributed by atoms with E-state index in [2.05, 4.69) is 10.2 Å². The average Bonchev–Trinajstić information content (AvgIpc) is 3.33. The third kappa shape index (κ3) is 3.42. The standard InChI is InChI=1S/C16H18N4O4S/c17-14(21)8-25-16-19-18-15(20(16)7-11-2-1-5-22-11)10-3-4-12-13(6-10)24-9-23-12/h3-4,6,11H,1-2,5,7-9H2,(H2,17,21)/t11-/m0/s1. The van der Waals surface area contributed by atoms with Gasteiger partial charge in [0.25, 0.3) is 0 Å². The lowest BCUT2D eigenvalue weighted by atomic mass is 10.2. The van der Waals surface area contributed by atoms with Crippen LogP contribution in [0, 0.1) is 0 Å². The molecule has 132 valence electrons. The van der Waals surface area contributed by atoms with Gasteiger partial charge < -0.3 is 19.9 Å². The van der Waals surface area contributed by atoms with E-state index in [1.165, 1.54) is 11.8 Å². The number of aromatic nitrogens is 3. The Hall–Kier alpha value is -2.26. The van der Waals surface area contributed by atoms with E-state index in [4.69, 9.17) is 19.9 Å². The zero-order chi connectivity index (χ0) is 17.2. The topological polar surface area (TPSA) is 101 Å². The summed E-state index contributed by atoms with van der Waals surface area (Å²) >= 11 is 1.28. The smallest absolute Gasteiger partial charge is 0.231 e. The minimum Gasteiger partial charge on any atom is -0.454 e. The Labute approximate surface area is 148 Å². The van der Waals surface area contributed by atoms with Gasteiger partial charge >= 0.3 is 0 Å². The van der Waals surface area contributed by atoms with Crippen LogP contribution in [0.1, 0.15) is 12.8 Å². The number of carbonyl (C=O) groups is 1. The summed E-state index contributed by atoms with van der Waals surface area (Å²) in [5.41, 5.74) is 6.14. The third-order valence-corrected chi connectivity index (χ3v) is 5.09. The largest absolute Gasteiger partial charge is 0.454 e. The third-order valence-electron chi connectivity index (χ3n) is 4.10. The molecular formula is C16H18N4O4S. The highest BCUT2D eigenvalue weighted by Crippen LogP contribution is 2.36. The molecule has 2 N–H and O–H groups in total. The minimum atomic E-state index is -0.388. The van der Waals surface area contributed by atoms with Crippen LogP contribution in [0.3, 0.4) is 0 Å². The fourth-order valence-corrected chi connectivity index (χ4v) is 3.62. The van der Waals surface area contributed by atoms with E-state index in [1.807, 2.05) is 22.8 Å². The zero-order valence-corrected chi connectivity index (χ0v) is 14.3. The van der Waals surface area contributed by atoms with Crippen molar-refractivity contribution in [2.75, 3.05) is 19.2 Å². The number of primary amides is 1. The highest BCUT2D eigenvalue weighted by Gasteiger charge is 2.23. The Morgan fingerprint density at radius 2 is 2.20 bits per heavy atom. The molecule has 0 radical (unpaired) electrons. The number of fused-ring (bicyclic) bond motifs is 1. The molecular weight excluding hydrogens is 344 g/mol. The Morgan fingerprint density at radius 3 is 3.00 bits per heavy atom. The van der Waals surface area contributed by atoms with Crippen molar-refractivity contribution in [2.45, 2.75) is 30.6 Å². The number of ether oxygens (including phenoxy) is 3. The molecule has 8 nitrogen and oxygen atoms in total. The molecule has 2 aliphatic heterocycles. The molecule has 0 unspecified atom stereocenters. The van der Waals surface area contributed by atoms with Crippen LogP contribution in [-0.4, -0.2) is 45.9 Å². The second-order valence-electron chi connectivity index (χ2n) is 5.87. The molecule has 0 spiro atoms. The number of thioether (sulfide) groups is 1. The van der Waals surface area contributed by atoms with Crippen molar-refractivity contribution in [3.63, 3.8) is 0 Å². The van der Waals surface area contributed by atoms with E-state index < -0.39 is 0 Å². The molecule has 0 bridgehead atoms. The maximum atomic E-state index is 11.1. The highest BCUT2D eigenvalue weighted by atomic mass is 32.2. The number of hydrogen-bond donors (Lipinski definition) is 1. The second kappa shape index (κ2) is 6.93.